The molecule has 0 amide bonds. The number of carbonyl (C=O) groups is 1. The van der Waals surface area contributed by atoms with Gasteiger partial charge in [0.25, 0.3) is 0 Å². The van der Waals surface area contributed by atoms with Gasteiger partial charge in [-0.15, -0.1) is 0 Å². The lowest BCUT2D eigenvalue weighted by Gasteiger charge is -2.10. The minimum Gasteiger partial charge on any atom is -0.505 e. The Kier molecular flexibility index (Phi) is 3.05. The molecule has 0 radical (unpaired) electrons. The number of methoxy groups -OCH3 is 1. The summed E-state index contributed by atoms with van der Waals surface area (Å²) in [6.07, 6.45) is -3.59. The van der Waals surface area contributed by atoms with E-state index >= 15 is 0 Å². The summed E-state index contributed by atoms with van der Waals surface area (Å²) >= 11 is 0. The van der Waals surface area contributed by atoms with Crippen molar-refractivity contribution in [2.75, 3.05) is 7.11 Å². The van der Waals surface area contributed by atoms with E-state index in [-0.39, 0.29) is 16.5 Å². The molecule has 1 aromatic heterocycles. The molecule has 1 heterocycles. The summed E-state index contributed by atoms with van der Waals surface area (Å²) in [5.41, 5.74) is -1.14. The summed E-state index contributed by atoms with van der Waals surface area (Å²) in [6.45, 7) is 0. The fourth-order valence-corrected chi connectivity index (χ4v) is 1.68. The van der Waals surface area contributed by atoms with Crippen LogP contribution in [0.25, 0.3) is 10.9 Å². The number of fused-ring (bicyclic) bond motifs is 1. The molecule has 0 saturated carbocycles. The number of nitrogens with zero attached hydrogens (tertiary/aromatic N) is 1. The minimum absolute atomic E-state index is 0.0481. The van der Waals surface area contributed by atoms with E-state index < -0.39 is 23.5 Å². The number of ether oxygens (including phenoxy) is 1. The van der Waals surface area contributed by atoms with Gasteiger partial charge in [-0.1, -0.05) is 6.07 Å². The summed E-state index contributed by atoms with van der Waals surface area (Å²) in [6, 6.07) is 2.70. The summed E-state index contributed by atoms with van der Waals surface area (Å²) in [5, 5.41) is 9.65. The van der Waals surface area contributed by atoms with Crippen molar-refractivity contribution in [1.29, 1.82) is 0 Å². The van der Waals surface area contributed by atoms with Crippen molar-refractivity contribution in [3.05, 3.63) is 35.5 Å². The zero-order valence-corrected chi connectivity index (χ0v) is 9.65. The highest BCUT2D eigenvalue weighted by Crippen LogP contribution is 2.33. The summed E-state index contributed by atoms with van der Waals surface area (Å²) < 4.78 is 42.1. The SMILES string of the molecule is COC(=O)c1c(O)cnc2cc(C(F)(F)F)ccc12. The van der Waals surface area contributed by atoms with Crippen LogP contribution in [0.3, 0.4) is 0 Å². The van der Waals surface area contributed by atoms with Gasteiger partial charge in [-0.25, -0.2) is 4.79 Å². The number of aromatic hydroxyl groups is 1. The molecule has 2 rings (SSSR count). The van der Waals surface area contributed by atoms with Crippen LogP contribution >= 0.6 is 0 Å². The van der Waals surface area contributed by atoms with Gasteiger partial charge < -0.3 is 9.84 Å². The standard InChI is InChI=1S/C12H8F3NO3/c1-19-11(18)10-7-3-2-6(12(13,14)15)4-8(7)16-5-9(10)17/h2-5,17H,1H3. The number of esters is 1. The molecule has 2 aromatic rings. The zero-order chi connectivity index (χ0) is 14.2. The van der Waals surface area contributed by atoms with Crippen LogP contribution in [0.15, 0.2) is 24.4 Å². The molecule has 1 N–H and O–H groups in total. The first-order valence-electron chi connectivity index (χ1n) is 5.12. The van der Waals surface area contributed by atoms with Crippen LogP contribution in [0.4, 0.5) is 13.2 Å². The predicted octanol–water partition coefficient (Wildman–Crippen LogP) is 2.75. The second-order valence-corrected chi connectivity index (χ2v) is 3.74. The lowest BCUT2D eigenvalue weighted by Crippen LogP contribution is -2.07. The number of hydrogen-bond acceptors (Lipinski definition) is 4. The predicted molar refractivity (Wildman–Crippen MR) is 59.7 cm³/mol. The molecular formula is C12H8F3NO3. The molecule has 0 aliphatic carbocycles. The highest BCUT2D eigenvalue weighted by Gasteiger charge is 2.31. The van der Waals surface area contributed by atoms with Gasteiger partial charge in [0.05, 0.1) is 24.4 Å². The molecular weight excluding hydrogens is 263 g/mol. The Morgan fingerprint density at radius 2 is 2.05 bits per heavy atom. The molecule has 0 saturated heterocycles. The fourth-order valence-electron chi connectivity index (χ4n) is 1.68. The van der Waals surface area contributed by atoms with E-state index in [1.165, 1.54) is 0 Å². The number of rotatable bonds is 1. The van der Waals surface area contributed by atoms with Crippen molar-refractivity contribution in [3.8, 4) is 5.75 Å². The highest BCUT2D eigenvalue weighted by atomic mass is 19.4. The van der Waals surface area contributed by atoms with Crippen molar-refractivity contribution < 1.29 is 27.8 Å². The van der Waals surface area contributed by atoms with E-state index in [2.05, 4.69) is 9.72 Å². The lowest BCUT2D eigenvalue weighted by molar-refractivity contribution is -0.137. The first-order valence-corrected chi connectivity index (χ1v) is 5.12. The van der Waals surface area contributed by atoms with Crippen molar-refractivity contribution in [3.63, 3.8) is 0 Å². The van der Waals surface area contributed by atoms with Crippen molar-refractivity contribution in [2.45, 2.75) is 6.18 Å². The molecule has 1 aromatic carbocycles. The molecule has 0 spiro atoms. The molecule has 4 nitrogen and oxygen atoms in total. The smallest absolute Gasteiger partial charge is 0.416 e. The Morgan fingerprint density at radius 3 is 2.63 bits per heavy atom. The Hall–Kier alpha value is -2.31. The largest absolute Gasteiger partial charge is 0.505 e. The normalized spacial score (nSPS) is 11.6. The Bertz CT molecular complexity index is 652. The molecule has 7 heteroatoms. The van der Waals surface area contributed by atoms with Gasteiger partial charge in [0.1, 0.15) is 11.3 Å². The second-order valence-electron chi connectivity index (χ2n) is 3.74. The van der Waals surface area contributed by atoms with E-state index in [1.54, 1.807) is 0 Å². The first kappa shape index (κ1) is 13.1. The van der Waals surface area contributed by atoms with E-state index in [0.717, 1.165) is 31.5 Å². The number of benzene rings is 1. The quantitative estimate of drug-likeness (QED) is 0.810. The number of aromatic nitrogens is 1. The van der Waals surface area contributed by atoms with Gasteiger partial charge >= 0.3 is 12.1 Å². The summed E-state index contributed by atoms with van der Waals surface area (Å²) in [4.78, 5) is 15.2. The Morgan fingerprint density at radius 1 is 1.37 bits per heavy atom. The Labute approximate surface area is 105 Å². The molecule has 0 bridgehead atoms. The highest BCUT2D eigenvalue weighted by molar-refractivity contribution is 6.05. The maximum absolute atomic E-state index is 12.6. The van der Waals surface area contributed by atoms with Gasteiger partial charge in [0.15, 0.2) is 0 Å². The maximum atomic E-state index is 12.6. The van der Waals surface area contributed by atoms with Gasteiger partial charge in [-0.2, -0.15) is 13.2 Å². The molecule has 100 valence electrons. The number of hydrogen-bond donors (Lipinski definition) is 1. The first-order chi connectivity index (χ1) is 8.84. The second kappa shape index (κ2) is 4.42. The third-order valence-electron chi connectivity index (χ3n) is 2.57. The lowest BCUT2D eigenvalue weighted by atomic mass is 10.1. The number of halogens is 3. The zero-order valence-electron chi connectivity index (χ0n) is 9.65. The van der Waals surface area contributed by atoms with Crippen LogP contribution in [0.2, 0.25) is 0 Å². The number of alkyl halides is 3. The van der Waals surface area contributed by atoms with Crippen LogP contribution < -0.4 is 0 Å². The van der Waals surface area contributed by atoms with Crippen molar-refractivity contribution in [2.24, 2.45) is 0 Å². The molecule has 0 aliphatic rings. The third-order valence-corrected chi connectivity index (χ3v) is 2.57. The van der Waals surface area contributed by atoms with Crippen LogP contribution in [0.1, 0.15) is 15.9 Å². The van der Waals surface area contributed by atoms with E-state index in [1.807, 2.05) is 0 Å². The third kappa shape index (κ3) is 2.31. The van der Waals surface area contributed by atoms with Crippen molar-refractivity contribution >= 4 is 16.9 Å². The van der Waals surface area contributed by atoms with Gasteiger partial charge in [0.2, 0.25) is 0 Å². The van der Waals surface area contributed by atoms with Crippen LogP contribution in [0, 0.1) is 0 Å². The van der Waals surface area contributed by atoms with Gasteiger partial charge in [-0.3, -0.25) is 4.98 Å². The van der Waals surface area contributed by atoms with Crippen LogP contribution in [-0.2, 0) is 10.9 Å². The minimum atomic E-state index is -4.50. The monoisotopic (exact) mass is 271 g/mol. The average molecular weight is 271 g/mol. The fraction of sp³-hybridized carbons (Fsp3) is 0.167. The molecule has 0 atom stereocenters. The summed E-state index contributed by atoms with van der Waals surface area (Å²) in [7, 11) is 1.11. The van der Waals surface area contributed by atoms with E-state index in [4.69, 9.17) is 0 Å². The Balaban J connectivity index is 2.72. The van der Waals surface area contributed by atoms with Gasteiger partial charge in [0, 0.05) is 5.39 Å². The molecule has 0 fully saturated rings. The molecule has 19 heavy (non-hydrogen) atoms. The van der Waals surface area contributed by atoms with E-state index in [9.17, 15) is 23.1 Å². The maximum Gasteiger partial charge on any atom is 0.416 e. The molecule has 0 aliphatic heterocycles. The average Bonchev–Trinajstić information content (AvgIpc) is 2.36. The topological polar surface area (TPSA) is 59.4 Å². The van der Waals surface area contributed by atoms with E-state index in [0.29, 0.717) is 0 Å². The number of carbonyl (C=O) groups excluding carboxylic acids is 1. The van der Waals surface area contributed by atoms with Crippen LogP contribution in [0.5, 0.6) is 5.75 Å². The van der Waals surface area contributed by atoms with Gasteiger partial charge in [-0.05, 0) is 12.1 Å². The molecule has 0 unspecified atom stereocenters. The van der Waals surface area contributed by atoms with Crippen molar-refractivity contribution in [1.82, 2.24) is 4.98 Å². The van der Waals surface area contributed by atoms with Crippen LogP contribution in [-0.4, -0.2) is 23.2 Å². The number of pyridine rings is 1. The summed E-state index contributed by atoms with van der Waals surface area (Å²) in [5.74, 6) is -1.29.